The summed E-state index contributed by atoms with van der Waals surface area (Å²) in [5, 5.41) is 1.84. The molecule has 0 aliphatic rings. The molecule has 7 heteroatoms. The van der Waals surface area contributed by atoms with Crippen LogP contribution >= 0.6 is 0 Å². The number of rotatable bonds is 10. The lowest BCUT2D eigenvalue weighted by Crippen LogP contribution is -2.34. The summed E-state index contributed by atoms with van der Waals surface area (Å²) in [6.45, 7) is 0.510. The molecule has 0 fully saturated rings. The van der Waals surface area contributed by atoms with Crippen LogP contribution in [0.4, 0.5) is 5.69 Å². The summed E-state index contributed by atoms with van der Waals surface area (Å²) in [5.41, 5.74) is 1.25. The van der Waals surface area contributed by atoms with Crippen LogP contribution < -0.4 is 14.4 Å². The highest BCUT2D eigenvalue weighted by atomic mass is 32.2. The largest absolute Gasteiger partial charge is 0.457 e. The first-order chi connectivity index (χ1) is 19.0. The van der Waals surface area contributed by atoms with Gasteiger partial charge in [-0.15, -0.1) is 0 Å². The molecule has 0 spiro atoms. The van der Waals surface area contributed by atoms with Crippen molar-refractivity contribution in [2.45, 2.75) is 11.3 Å². The number of ether oxygens (including phenoxy) is 1. The number of para-hydroxylation sites is 1. The van der Waals surface area contributed by atoms with Gasteiger partial charge in [-0.2, -0.15) is 0 Å². The third-order valence-corrected chi connectivity index (χ3v) is 7.73. The molecule has 0 aliphatic carbocycles. The normalized spacial score (nSPS) is 11.3. The second-order valence-electron chi connectivity index (χ2n) is 8.99. The van der Waals surface area contributed by atoms with Crippen LogP contribution in [0.2, 0.25) is 0 Å². The summed E-state index contributed by atoms with van der Waals surface area (Å²) in [4.78, 5) is 15.3. The number of nitrogens with one attached hydrogen (secondary N) is 1. The molecule has 0 heterocycles. The Morgan fingerprint density at radius 3 is 2.03 bits per heavy atom. The molecule has 0 bridgehead atoms. The van der Waals surface area contributed by atoms with Crippen LogP contribution in [0.25, 0.3) is 10.8 Å². The molecule has 1 N–H and O–H groups in total. The number of carbonyl (C=O) groups is 1. The Hall–Kier alpha value is -4.46. The predicted molar refractivity (Wildman–Crippen MR) is 155 cm³/mol. The summed E-state index contributed by atoms with van der Waals surface area (Å²) in [7, 11) is -3.69. The predicted octanol–water partition coefficient (Wildman–Crippen LogP) is 6.65. The van der Waals surface area contributed by atoms with E-state index < -0.39 is 10.0 Å². The number of benzene rings is 5. The zero-order valence-corrected chi connectivity index (χ0v) is 22.1. The standard InChI is InChI=1S/C32H28N2O4S/c35-32(26-11-3-1-4-12-26)34(28-17-19-30(20-18-28)38-29-14-5-2-6-15-29)23-9-22-33-39(36,37)31-21-16-25-10-7-8-13-27(25)24-31/h1-8,10-21,24,33H,9,22-23H2. The lowest BCUT2D eigenvalue weighted by molar-refractivity contribution is 0.0986. The fourth-order valence-electron chi connectivity index (χ4n) is 4.26. The van der Waals surface area contributed by atoms with E-state index in [1.165, 1.54) is 0 Å². The van der Waals surface area contributed by atoms with E-state index in [0.29, 0.717) is 30.0 Å². The summed E-state index contributed by atoms with van der Waals surface area (Å²) < 4.78 is 34.4. The molecule has 0 radical (unpaired) electrons. The quantitative estimate of drug-likeness (QED) is 0.203. The smallest absolute Gasteiger partial charge is 0.258 e. The van der Waals surface area contributed by atoms with Gasteiger partial charge in [0.2, 0.25) is 10.0 Å². The Bertz CT molecular complexity index is 1660. The van der Waals surface area contributed by atoms with Crippen molar-refractivity contribution < 1.29 is 17.9 Å². The number of sulfonamides is 1. The maximum absolute atomic E-state index is 13.4. The van der Waals surface area contributed by atoms with Crippen LogP contribution in [0.3, 0.4) is 0 Å². The van der Waals surface area contributed by atoms with Crippen LogP contribution in [-0.4, -0.2) is 27.4 Å². The van der Waals surface area contributed by atoms with Crippen molar-refractivity contribution >= 4 is 32.4 Å². The minimum atomic E-state index is -3.69. The molecular formula is C32H28N2O4S. The van der Waals surface area contributed by atoms with Gasteiger partial charge in [-0.1, -0.05) is 66.7 Å². The van der Waals surface area contributed by atoms with Crippen molar-refractivity contribution in [1.29, 1.82) is 0 Å². The van der Waals surface area contributed by atoms with Gasteiger partial charge in [-0.25, -0.2) is 13.1 Å². The monoisotopic (exact) mass is 536 g/mol. The van der Waals surface area contributed by atoms with Crippen LogP contribution in [-0.2, 0) is 10.0 Å². The van der Waals surface area contributed by atoms with Crippen molar-refractivity contribution in [2.75, 3.05) is 18.0 Å². The van der Waals surface area contributed by atoms with Crippen molar-refractivity contribution in [3.05, 3.63) is 133 Å². The van der Waals surface area contributed by atoms with E-state index in [-0.39, 0.29) is 17.3 Å². The molecule has 39 heavy (non-hydrogen) atoms. The van der Waals surface area contributed by atoms with E-state index in [1.807, 2.05) is 97.1 Å². The van der Waals surface area contributed by atoms with Gasteiger partial charge >= 0.3 is 0 Å². The molecule has 0 aromatic heterocycles. The highest BCUT2D eigenvalue weighted by Gasteiger charge is 2.19. The highest BCUT2D eigenvalue weighted by Crippen LogP contribution is 2.26. The summed E-state index contributed by atoms with van der Waals surface area (Å²) in [5.74, 6) is 1.21. The van der Waals surface area contributed by atoms with E-state index in [4.69, 9.17) is 4.74 Å². The van der Waals surface area contributed by atoms with Crippen molar-refractivity contribution in [3.63, 3.8) is 0 Å². The molecular weight excluding hydrogens is 508 g/mol. The van der Waals surface area contributed by atoms with Crippen LogP contribution in [0.5, 0.6) is 11.5 Å². The number of amides is 1. The molecule has 196 valence electrons. The van der Waals surface area contributed by atoms with E-state index in [1.54, 1.807) is 35.2 Å². The lowest BCUT2D eigenvalue weighted by Gasteiger charge is -2.23. The van der Waals surface area contributed by atoms with E-state index >= 15 is 0 Å². The van der Waals surface area contributed by atoms with Crippen molar-refractivity contribution in [3.8, 4) is 11.5 Å². The Labute approximate surface area is 228 Å². The Kier molecular flexibility index (Phi) is 8.01. The SMILES string of the molecule is O=C(c1ccccc1)N(CCCNS(=O)(=O)c1ccc2ccccc2c1)c1ccc(Oc2ccccc2)cc1. The first-order valence-corrected chi connectivity index (χ1v) is 14.2. The lowest BCUT2D eigenvalue weighted by atomic mass is 10.1. The van der Waals surface area contributed by atoms with E-state index in [9.17, 15) is 13.2 Å². The van der Waals surface area contributed by atoms with Gasteiger partial charge in [0, 0.05) is 24.3 Å². The third-order valence-electron chi connectivity index (χ3n) is 6.28. The molecule has 0 aliphatic heterocycles. The van der Waals surface area contributed by atoms with E-state index in [2.05, 4.69) is 4.72 Å². The highest BCUT2D eigenvalue weighted by molar-refractivity contribution is 7.89. The van der Waals surface area contributed by atoms with Gasteiger partial charge in [-0.05, 0) is 77.9 Å². The molecule has 0 saturated heterocycles. The number of nitrogens with zero attached hydrogens (tertiary/aromatic N) is 1. The number of hydrogen-bond donors (Lipinski definition) is 1. The van der Waals surface area contributed by atoms with Gasteiger partial charge in [-0.3, -0.25) is 4.79 Å². The zero-order chi connectivity index (χ0) is 27.1. The van der Waals surface area contributed by atoms with E-state index in [0.717, 1.165) is 16.5 Å². The van der Waals surface area contributed by atoms with Gasteiger partial charge in [0.15, 0.2) is 0 Å². The van der Waals surface area contributed by atoms with Crippen LogP contribution in [0, 0.1) is 0 Å². The average molecular weight is 537 g/mol. The summed E-state index contributed by atoms with van der Waals surface area (Å²) >= 11 is 0. The minimum absolute atomic E-state index is 0.162. The fourth-order valence-corrected chi connectivity index (χ4v) is 5.37. The van der Waals surface area contributed by atoms with Crippen LogP contribution in [0.1, 0.15) is 16.8 Å². The maximum Gasteiger partial charge on any atom is 0.258 e. The topological polar surface area (TPSA) is 75.7 Å². The van der Waals surface area contributed by atoms with Crippen molar-refractivity contribution in [2.24, 2.45) is 0 Å². The first-order valence-electron chi connectivity index (χ1n) is 12.7. The Balaban J connectivity index is 1.28. The molecule has 0 saturated carbocycles. The third kappa shape index (κ3) is 6.52. The second kappa shape index (κ2) is 11.9. The first kappa shape index (κ1) is 26.2. The zero-order valence-electron chi connectivity index (χ0n) is 21.2. The number of fused-ring (bicyclic) bond motifs is 1. The van der Waals surface area contributed by atoms with Gasteiger partial charge in [0.1, 0.15) is 11.5 Å². The Morgan fingerprint density at radius 2 is 1.31 bits per heavy atom. The minimum Gasteiger partial charge on any atom is -0.457 e. The summed E-state index contributed by atoms with van der Waals surface area (Å²) in [6.07, 6.45) is 0.424. The molecule has 5 aromatic rings. The Morgan fingerprint density at radius 1 is 0.692 bits per heavy atom. The molecule has 5 rings (SSSR count). The van der Waals surface area contributed by atoms with Crippen LogP contribution in [0.15, 0.2) is 132 Å². The molecule has 6 nitrogen and oxygen atoms in total. The number of hydrogen-bond acceptors (Lipinski definition) is 4. The van der Waals surface area contributed by atoms with Gasteiger partial charge in [0.05, 0.1) is 4.90 Å². The number of anilines is 1. The average Bonchev–Trinajstić information content (AvgIpc) is 2.98. The molecule has 0 atom stereocenters. The van der Waals surface area contributed by atoms with Gasteiger partial charge < -0.3 is 9.64 Å². The van der Waals surface area contributed by atoms with Gasteiger partial charge in [0.25, 0.3) is 5.91 Å². The number of carbonyl (C=O) groups excluding carboxylic acids is 1. The second-order valence-corrected chi connectivity index (χ2v) is 10.8. The summed E-state index contributed by atoms with van der Waals surface area (Å²) in [6, 6.07) is 38.5. The maximum atomic E-state index is 13.4. The molecule has 1 amide bonds. The molecule has 5 aromatic carbocycles. The molecule has 0 unspecified atom stereocenters. The van der Waals surface area contributed by atoms with Crippen molar-refractivity contribution in [1.82, 2.24) is 4.72 Å². The fraction of sp³-hybridized carbons (Fsp3) is 0.0938.